The largest absolute Gasteiger partial charge is 0.309 e. The molecule has 5 heteroatoms. The highest BCUT2D eigenvalue weighted by molar-refractivity contribution is 4.77. The fourth-order valence-corrected chi connectivity index (χ4v) is 1.81. The Morgan fingerprint density at radius 2 is 1.31 bits per heavy atom. The summed E-state index contributed by atoms with van der Waals surface area (Å²) in [7, 11) is 8.46. The van der Waals surface area contributed by atoms with E-state index in [1.165, 1.54) is 0 Å². The van der Waals surface area contributed by atoms with Crippen LogP contribution in [0.1, 0.15) is 12.8 Å². The molecule has 0 saturated carbocycles. The van der Waals surface area contributed by atoms with Gasteiger partial charge in [-0.15, -0.1) is 0 Å². The molecule has 2 unspecified atom stereocenters. The highest BCUT2D eigenvalue weighted by Gasteiger charge is 2.19. The molecule has 3 N–H and O–H groups in total. The summed E-state index contributed by atoms with van der Waals surface area (Å²) in [6.07, 6.45) is 3.17. The summed E-state index contributed by atoms with van der Waals surface area (Å²) < 4.78 is 0. The van der Waals surface area contributed by atoms with E-state index in [1.807, 2.05) is 0 Å². The second-order valence-corrected chi connectivity index (χ2v) is 5.04. The van der Waals surface area contributed by atoms with E-state index in [0.29, 0.717) is 12.3 Å². The Bertz CT molecular complexity index is 165. The fraction of sp³-hybridized carbons (Fsp3) is 1.00. The molecule has 0 spiro atoms. The third-order valence-corrected chi connectivity index (χ3v) is 2.83. The first-order valence-electron chi connectivity index (χ1n) is 6.10. The van der Waals surface area contributed by atoms with Gasteiger partial charge in [0.2, 0.25) is 0 Å². The number of rotatable bonds is 6. The van der Waals surface area contributed by atoms with E-state index in [4.69, 9.17) is 0 Å². The van der Waals surface area contributed by atoms with E-state index in [9.17, 15) is 0 Å². The Kier molecular flexibility index (Phi) is 6.23. The molecule has 0 radical (unpaired) electrons. The van der Waals surface area contributed by atoms with Gasteiger partial charge in [-0.2, -0.15) is 0 Å². The number of hydrogen-bond donors (Lipinski definition) is 3. The highest BCUT2D eigenvalue weighted by Crippen LogP contribution is 1.99. The van der Waals surface area contributed by atoms with E-state index in [-0.39, 0.29) is 0 Å². The molecule has 5 nitrogen and oxygen atoms in total. The lowest BCUT2D eigenvalue weighted by atomic mass is 10.2. The van der Waals surface area contributed by atoms with Crippen LogP contribution in [0.25, 0.3) is 0 Å². The van der Waals surface area contributed by atoms with Gasteiger partial charge >= 0.3 is 0 Å². The lowest BCUT2D eigenvalue weighted by Crippen LogP contribution is -2.62. The lowest BCUT2D eigenvalue weighted by molar-refractivity contribution is 0.214. The lowest BCUT2D eigenvalue weighted by Gasteiger charge is -2.34. The highest BCUT2D eigenvalue weighted by atomic mass is 15.3. The van der Waals surface area contributed by atoms with Crippen molar-refractivity contribution in [3.63, 3.8) is 0 Å². The smallest absolute Gasteiger partial charge is 0.0605 e. The molecule has 0 aromatic carbocycles. The van der Waals surface area contributed by atoms with Crippen LogP contribution in [0, 0.1) is 0 Å². The predicted molar refractivity (Wildman–Crippen MR) is 68.2 cm³/mol. The second kappa shape index (κ2) is 7.19. The Morgan fingerprint density at radius 3 is 1.69 bits per heavy atom. The zero-order valence-electron chi connectivity index (χ0n) is 11.1. The minimum absolute atomic E-state index is 0.441. The summed E-state index contributed by atoms with van der Waals surface area (Å²) in [5.74, 6) is 0. The summed E-state index contributed by atoms with van der Waals surface area (Å²) in [6.45, 7) is 3.14. The average Bonchev–Trinajstić information content (AvgIpc) is 2.24. The normalized spacial score (nSPS) is 26.6. The molecule has 1 heterocycles. The third kappa shape index (κ3) is 5.77. The monoisotopic (exact) mass is 229 g/mol. The zero-order valence-corrected chi connectivity index (χ0v) is 11.1. The SMILES string of the molecule is CN(C)CCC1NCNC(CCN(C)C)N1. The topological polar surface area (TPSA) is 42.6 Å². The number of hydrogen-bond acceptors (Lipinski definition) is 5. The molecule has 0 bridgehead atoms. The Hall–Kier alpha value is -0.200. The molecular formula is C11H27N5. The van der Waals surface area contributed by atoms with Crippen LogP contribution < -0.4 is 16.0 Å². The number of nitrogens with zero attached hydrogens (tertiary/aromatic N) is 2. The second-order valence-electron chi connectivity index (χ2n) is 5.04. The van der Waals surface area contributed by atoms with Crippen LogP contribution in [0.2, 0.25) is 0 Å². The molecule has 0 aromatic rings. The first-order chi connectivity index (χ1) is 7.58. The molecule has 1 fully saturated rings. The minimum Gasteiger partial charge on any atom is -0.309 e. The van der Waals surface area contributed by atoms with Gasteiger partial charge in [0.05, 0.1) is 12.3 Å². The molecule has 1 aliphatic rings. The molecule has 0 aliphatic carbocycles. The van der Waals surface area contributed by atoms with E-state index in [0.717, 1.165) is 32.6 Å². The van der Waals surface area contributed by atoms with Crippen molar-refractivity contribution in [2.45, 2.75) is 25.2 Å². The minimum atomic E-state index is 0.441. The first kappa shape index (κ1) is 13.9. The summed E-state index contributed by atoms with van der Waals surface area (Å²) in [5, 5.41) is 10.4. The van der Waals surface area contributed by atoms with Gasteiger partial charge in [-0.25, -0.2) is 0 Å². The van der Waals surface area contributed by atoms with E-state index in [2.05, 4.69) is 53.9 Å². The molecule has 16 heavy (non-hydrogen) atoms. The zero-order chi connectivity index (χ0) is 12.0. The quantitative estimate of drug-likeness (QED) is 0.561. The maximum atomic E-state index is 3.59. The molecule has 2 atom stereocenters. The standard InChI is InChI=1S/C11H27N5/c1-15(2)7-5-10-12-9-13-11(14-10)6-8-16(3)4/h10-14H,5-9H2,1-4H3. The van der Waals surface area contributed by atoms with E-state index < -0.39 is 0 Å². The summed E-state index contributed by atoms with van der Waals surface area (Å²) in [5.41, 5.74) is 0. The van der Waals surface area contributed by atoms with Crippen molar-refractivity contribution in [1.82, 2.24) is 25.8 Å². The van der Waals surface area contributed by atoms with Crippen LogP contribution in [0.3, 0.4) is 0 Å². The number of nitrogens with one attached hydrogen (secondary N) is 3. The van der Waals surface area contributed by atoms with Gasteiger partial charge in [0.1, 0.15) is 0 Å². The van der Waals surface area contributed by atoms with Gasteiger partial charge in [0.15, 0.2) is 0 Å². The van der Waals surface area contributed by atoms with Gasteiger partial charge in [0.25, 0.3) is 0 Å². The Labute approximate surface area is 99.6 Å². The van der Waals surface area contributed by atoms with E-state index >= 15 is 0 Å². The predicted octanol–water partition coefficient (Wildman–Crippen LogP) is -0.718. The summed E-state index contributed by atoms with van der Waals surface area (Å²) in [4.78, 5) is 4.44. The van der Waals surface area contributed by atoms with Crippen LogP contribution in [-0.2, 0) is 0 Å². The molecule has 0 amide bonds. The molecule has 1 aliphatic heterocycles. The van der Waals surface area contributed by atoms with Gasteiger partial charge in [0, 0.05) is 19.8 Å². The van der Waals surface area contributed by atoms with Crippen molar-refractivity contribution in [2.24, 2.45) is 0 Å². The van der Waals surface area contributed by atoms with Gasteiger partial charge < -0.3 is 9.80 Å². The maximum absolute atomic E-state index is 3.59. The van der Waals surface area contributed by atoms with Crippen LogP contribution in [0.5, 0.6) is 0 Å². The van der Waals surface area contributed by atoms with Gasteiger partial charge in [-0.1, -0.05) is 0 Å². The van der Waals surface area contributed by atoms with Crippen molar-refractivity contribution in [3.05, 3.63) is 0 Å². The molecule has 1 rings (SSSR count). The van der Waals surface area contributed by atoms with Crippen molar-refractivity contribution in [3.8, 4) is 0 Å². The van der Waals surface area contributed by atoms with Crippen LogP contribution in [0.15, 0.2) is 0 Å². The Morgan fingerprint density at radius 1 is 0.875 bits per heavy atom. The molecule has 0 aromatic heterocycles. The maximum Gasteiger partial charge on any atom is 0.0605 e. The van der Waals surface area contributed by atoms with Gasteiger partial charge in [-0.05, 0) is 41.0 Å². The van der Waals surface area contributed by atoms with E-state index in [1.54, 1.807) is 0 Å². The fourth-order valence-electron chi connectivity index (χ4n) is 1.81. The Balaban J connectivity index is 2.19. The van der Waals surface area contributed by atoms with Crippen molar-refractivity contribution in [1.29, 1.82) is 0 Å². The molecular weight excluding hydrogens is 202 g/mol. The van der Waals surface area contributed by atoms with Crippen molar-refractivity contribution >= 4 is 0 Å². The average molecular weight is 229 g/mol. The van der Waals surface area contributed by atoms with Gasteiger partial charge in [-0.3, -0.25) is 16.0 Å². The van der Waals surface area contributed by atoms with Crippen LogP contribution in [-0.4, -0.2) is 70.1 Å². The summed E-state index contributed by atoms with van der Waals surface area (Å²) >= 11 is 0. The van der Waals surface area contributed by atoms with Crippen molar-refractivity contribution < 1.29 is 0 Å². The first-order valence-corrected chi connectivity index (χ1v) is 6.10. The molecule has 1 saturated heterocycles. The van der Waals surface area contributed by atoms with Crippen LogP contribution in [0.4, 0.5) is 0 Å². The summed E-state index contributed by atoms with van der Waals surface area (Å²) in [6, 6.07) is 0. The van der Waals surface area contributed by atoms with Crippen LogP contribution >= 0.6 is 0 Å². The third-order valence-electron chi connectivity index (χ3n) is 2.83. The van der Waals surface area contributed by atoms with Crippen molar-refractivity contribution in [2.75, 3.05) is 47.9 Å². The molecule has 96 valence electrons.